The van der Waals surface area contributed by atoms with Crippen molar-refractivity contribution in [2.45, 2.75) is 10.8 Å². The van der Waals surface area contributed by atoms with Crippen LogP contribution in [-0.2, 0) is 10.8 Å². The highest BCUT2D eigenvalue weighted by Gasteiger charge is 2.52. The highest BCUT2D eigenvalue weighted by molar-refractivity contribution is 9.10. The smallest absolute Gasteiger partial charge is 0.423 e. The molecule has 2 N–H and O–H groups in total. The summed E-state index contributed by atoms with van der Waals surface area (Å²) in [6, 6.07) is 131. The van der Waals surface area contributed by atoms with Gasteiger partial charge < -0.3 is 10.0 Å². The summed E-state index contributed by atoms with van der Waals surface area (Å²) in [7, 11) is -1.49. The highest BCUT2D eigenvalue weighted by Crippen LogP contribution is 2.63. The lowest BCUT2D eigenvalue weighted by Gasteiger charge is -2.34. The maximum atomic E-state index is 9.85. The third-order valence-electron chi connectivity index (χ3n) is 20.0. The van der Waals surface area contributed by atoms with E-state index in [9.17, 15) is 10.0 Å². The quantitative estimate of drug-likeness (QED) is 0.133. The van der Waals surface area contributed by atoms with Crippen LogP contribution in [0.25, 0.3) is 112 Å². The number of halogens is 1. The number of nitrogens with zero attached hydrogens (tertiary/aromatic N) is 4. The van der Waals surface area contributed by atoms with Crippen LogP contribution in [0.3, 0.4) is 0 Å². The Bertz CT molecular complexity index is 5540. The van der Waals surface area contributed by atoms with Crippen LogP contribution in [0.2, 0.25) is 0 Å². The van der Waals surface area contributed by atoms with Crippen molar-refractivity contribution in [3.8, 4) is 112 Å². The molecular weight excluding hydrogens is 1310 g/mol. The second kappa shape index (κ2) is 27.1. The summed E-state index contributed by atoms with van der Waals surface area (Å²) in [4.78, 5) is 19.7. The Morgan fingerprint density at radius 3 is 0.971 bits per heavy atom. The first-order valence-electron chi connectivity index (χ1n) is 34.3. The molecule has 6 nitrogen and oxygen atoms in total. The average Bonchev–Trinajstić information content (AvgIpc) is 1.51. The lowest BCUT2D eigenvalue weighted by Crippen LogP contribution is -2.32. The number of aromatic nitrogens is 4. The topological polar surface area (TPSA) is 92.0 Å². The molecule has 3 aliphatic rings. The van der Waals surface area contributed by atoms with Crippen LogP contribution in [0, 0.1) is 0 Å². The van der Waals surface area contributed by atoms with E-state index in [2.05, 4.69) is 283 Å². The molecule has 1 spiro atoms. The van der Waals surface area contributed by atoms with Gasteiger partial charge in [0.2, 0.25) is 0 Å². The molecule has 102 heavy (non-hydrogen) atoms. The van der Waals surface area contributed by atoms with Crippen molar-refractivity contribution in [1.29, 1.82) is 0 Å². The number of hydrogen-bond acceptors (Lipinski definition) is 6. The molecule has 2 aromatic heterocycles. The standard InChI is InChI=1S/C47H32N2.C25H17BO2.C22H15BrN2/c1-5-16-33(17-6-1)44-32-45(49-46(48-44)34-18-7-2-8-19-34)37-21-15-20-35(30-37)36-28-29-41-40-26-13-14-27-42(40)47(43(41)31-36,38-22-9-3-10-23-38)39-24-11-4-12-25-39;27-26(28)16-13-14-20-19-9-3-6-12-23(19)25(24(20)15-16)21-10-4-1-7-17(21)18-8-2-5-11-22(18)25;23-19-13-7-12-18(14-19)21-15-20(16-8-3-1-4-9-16)24-22(25-21)17-10-5-2-6-11-17/h1-32H;1-15,27-28H;1-15H. The summed E-state index contributed by atoms with van der Waals surface area (Å²) in [5.41, 5.74) is 29.3. The molecule has 0 saturated carbocycles. The molecule has 16 aromatic rings. The largest absolute Gasteiger partial charge is 0.488 e. The molecule has 482 valence electrons. The first kappa shape index (κ1) is 63.2. The van der Waals surface area contributed by atoms with Gasteiger partial charge in [0.15, 0.2) is 11.6 Å². The van der Waals surface area contributed by atoms with E-state index in [1.165, 1.54) is 72.3 Å². The Kier molecular flexibility index (Phi) is 16.8. The van der Waals surface area contributed by atoms with Crippen molar-refractivity contribution in [1.82, 2.24) is 19.9 Å². The van der Waals surface area contributed by atoms with Gasteiger partial charge in [0, 0.05) is 37.9 Å². The van der Waals surface area contributed by atoms with E-state index in [4.69, 9.17) is 19.9 Å². The van der Waals surface area contributed by atoms with Crippen LogP contribution in [0.5, 0.6) is 0 Å². The Morgan fingerprint density at radius 2 is 0.539 bits per heavy atom. The molecule has 0 amide bonds. The van der Waals surface area contributed by atoms with Gasteiger partial charge >= 0.3 is 7.12 Å². The molecule has 0 bridgehead atoms. The van der Waals surface area contributed by atoms with E-state index < -0.39 is 17.9 Å². The maximum Gasteiger partial charge on any atom is 0.488 e. The van der Waals surface area contributed by atoms with Crippen molar-refractivity contribution in [3.63, 3.8) is 0 Å². The lowest BCUT2D eigenvalue weighted by molar-refractivity contribution is 0.425. The molecule has 0 aliphatic heterocycles. The van der Waals surface area contributed by atoms with Gasteiger partial charge in [0.25, 0.3) is 0 Å². The summed E-state index contributed by atoms with van der Waals surface area (Å²) >= 11 is 3.54. The van der Waals surface area contributed by atoms with E-state index in [1.807, 2.05) is 109 Å². The molecule has 0 unspecified atom stereocenters. The summed E-state index contributed by atoms with van der Waals surface area (Å²) in [5.74, 6) is 1.45. The van der Waals surface area contributed by atoms with Crippen molar-refractivity contribution in [2.75, 3.05) is 0 Å². The molecule has 0 atom stereocenters. The zero-order valence-electron chi connectivity index (χ0n) is 55.4. The Labute approximate surface area is 602 Å². The minimum absolute atomic E-state index is 0.427. The molecule has 0 radical (unpaired) electrons. The summed E-state index contributed by atoms with van der Waals surface area (Å²) in [6.07, 6.45) is 0. The van der Waals surface area contributed by atoms with Gasteiger partial charge in [0.05, 0.1) is 33.6 Å². The minimum atomic E-state index is -1.49. The van der Waals surface area contributed by atoms with Gasteiger partial charge in [-0.3, -0.25) is 0 Å². The van der Waals surface area contributed by atoms with Gasteiger partial charge in [0.1, 0.15) is 0 Å². The molecular formula is C94H64BBrN4O2. The van der Waals surface area contributed by atoms with E-state index >= 15 is 0 Å². The van der Waals surface area contributed by atoms with Gasteiger partial charge in [-0.15, -0.1) is 0 Å². The second-order valence-corrected chi connectivity index (χ2v) is 26.7. The minimum Gasteiger partial charge on any atom is -0.423 e. The Hall–Kier alpha value is -12.3. The van der Waals surface area contributed by atoms with Crippen molar-refractivity contribution in [2.24, 2.45) is 0 Å². The Balaban J connectivity index is 0.000000124. The van der Waals surface area contributed by atoms with Crippen LogP contribution < -0.4 is 5.46 Å². The van der Waals surface area contributed by atoms with Gasteiger partial charge in [-0.2, -0.15) is 0 Å². The van der Waals surface area contributed by atoms with E-state index in [-0.39, 0.29) is 0 Å². The molecule has 0 fully saturated rings. The molecule has 19 rings (SSSR count). The monoisotopic (exact) mass is 1370 g/mol. The van der Waals surface area contributed by atoms with Crippen molar-refractivity contribution in [3.05, 3.63) is 425 Å². The third kappa shape index (κ3) is 11.3. The van der Waals surface area contributed by atoms with E-state index in [0.717, 1.165) is 83.1 Å². The number of benzene rings is 14. The van der Waals surface area contributed by atoms with Gasteiger partial charge in [-0.05, 0) is 131 Å². The van der Waals surface area contributed by atoms with Crippen molar-refractivity contribution >= 4 is 28.5 Å². The molecule has 14 aromatic carbocycles. The fourth-order valence-corrected chi connectivity index (χ4v) is 15.9. The van der Waals surface area contributed by atoms with Crippen LogP contribution in [0.4, 0.5) is 0 Å². The zero-order chi connectivity index (χ0) is 68.6. The number of hydrogen-bond donors (Lipinski definition) is 2. The number of rotatable bonds is 10. The average molecular weight is 1370 g/mol. The van der Waals surface area contributed by atoms with Crippen LogP contribution in [0.1, 0.15) is 44.5 Å². The third-order valence-corrected chi connectivity index (χ3v) is 20.5. The molecule has 8 heteroatoms. The predicted molar refractivity (Wildman–Crippen MR) is 420 cm³/mol. The molecule has 3 aliphatic carbocycles. The van der Waals surface area contributed by atoms with E-state index in [1.54, 1.807) is 0 Å². The predicted octanol–water partition coefficient (Wildman–Crippen LogP) is 21.5. The van der Waals surface area contributed by atoms with Gasteiger partial charge in [-0.1, -0.05) is 356 Å². The molecule has 2 heterocycles. The normalized spacial score (nSPS) is 12.6. The van der Waals surface area contributed by atoms with Gasteiger partial charge in [-0.25, -0.2) is 19.9 Å². The first-order chi connectivity index (χ1) is 50.3. The summed E-state index contributed by atoms with van der Waals surface area (Å²) < 4.78 is 1.03. The fourth-order valence-electron chi connectivity index (χ4n) is 15.5. The first-order valence-corrected chi connectivity index (χ1v) is 35.1. The maximum absolute atomic E-state index is 9.85. The number of fused-ring (bicyclic) bond motifs is 13. The Morgan fingerprint density at radius 1 is 0.225 bits per heavy atom. The van der Waals surface area contributed by atoms with Crippen LogP contribution in [-0.4, -0.2) is 37.1 Å². The highest BCUT2D eigenvalue weighted by atomic mass is 79.9. The van der Waals surface area contributed by atoms with E-state index in [0.29, 0.717) is 11.3 Å². The zero-order valence-corrected chi connectivity index (χ0v) is 57.0. The fraction of sp³-hybridized carbons (Fsp3) is 0.0213. The molecule has 0 saturated heterocycles. The summed E-state index contributed by atoms with van der Waals surface area (Å²) in [6.45, 7) is 0. The SMILES string of the molecule is Brc1cccc(-c2cc(-c3ccccc3)nc(-c3ccccc3)n2)c1.OB(O)c1ccc2c(c1)C1(c3ccccc3-c3ccccc31)c1ccccc1-2.c1ccc(-c2cc(-c3cccc(-c4ccc5c(c4)C(c4ccccc4)(c4ccccc4)c4ccccc4-5)c3)nc(-c3ccccc3)n2)cc1. The lowest BCUT2D eigenvalue weighted by atomic mass is 9.67. The summed E-state index contributed by atoms with van der Waals surface area (Å²) in [5, 5.41) is 19.7. The van der Waals surface area contributed by atoms with Crippen LogP contribution >= 0.6 is 15.9 Å². The van der Waals surface area contributed by atoms with Crippen molar-refractivity contribution < 1.29 is 10.0 Å². The van der Waals surface area contributed by atoms with Crippen LogP contribution in [0.15, 0.2) is 381 Å². The second-order valence-electron chi connectivity index (χ2n) is 25.8.